The second-order valence-corrected chi connectivity index (χ2v) is 7.57. The van der Waals surface area contributed by atoms with Crippen LogP contribution in [0.3, 0.4) is 0 Å². The molecule has 4 aromatic rings. The highest BCUT2D eigenvalue weighted by Crippen LogP contribution is 2.27. The summed E-state index contributed by atoms with van der Waals surface area (Å²) >= 11 is 0. The van der Waals surface area contributed by atoms with Crippen LogP contribution in [0, 0.1) is 0 Å². The Hall–Kier alpha value is -2.31. The van der Waals surface area contributed by atoms with Gasteiger partial charge in [-0.05, 0) is 62.3 Å². The third-order valence-corrected chi connectivity index (χ3v) is 5.84. The van der Waals surface area contributed by atoms with Crippen molar-refractivity contribution in [3.05, 3.63) is 54.7 Å². The van der Waals surface area contributed by atoms with Crippen LogP contribution in [0.2, 0.25) is 0 Å². The Morgan fingerprint density at radius 3 is 2.34 bits per heavy atom. The van der Waals surface area contributed by atoms with Crippen molar-refractivity contribution in [1.82, 2.24) is 18.9 Å². The number of fused-ring (bicyclic) bond motifs is 3. The van der Waals surface area contributed by atoms with E-state index in [0.29, 0.717) is 0 Å². The van der Waals surface area contributed by atoms with Crippen LogP contribution < -0.4 is 4.74 Å². The number of benzene rings is 2. The lowest BCUT2D eigenvalue weighted by atomic mass is 10.1. The van der Waals surface area contributed by atoms with Gasteiger partial charge in [-0.1, -0.05) is 18.6 Å². The molecule has 1 fully saturated rings. The zero-order valence-electron chi connectivity index (χ0n) is 16.8. The van der Waals surface area contributed by atoms with Crippen molar-refractivity contribution in [2.45, 2.75) is 25.8 Å². The van der Waals surface area contributed by atoms with Gasteiger partial charge in [0.2, 0.25) is 5.78 Å². The molecule has 152 valence electrons. The van der Waals surface area contributed by atoms with E-state index in [-0.39, 0.29) is 17.0 Å². The van der Waals surface area contributed by atoms with Gasteiger partial charge >= 0.3 is 0 Å². The summed E-state index contributed by atoms with van der Waals surface area (Å²) in [5.74, 6) is 1.88. The Morgan fingerprint density at radius 2 is 1.62 bits per heavy atom. The van der Waals surface area contributed by atoms with Gasteiger partial charge in [0.1, 0.15) is 5.75 Å². The van der Waals surface area contributed by atoms with Gasteiger partial charge in [-0.15, -0.1) is 17.0 Å². The molecule has 0 saturated carbocycles. The zero-order valence-corrected chi connectivity index (χ0v) is 18.5. The first-order valence-electron chi connectivity index (χ1n) is 10.2. The summed E-state index contributed by atoms with van der Waals surface area (Å²) in [6.45, 7) is 4.50. The largest absolute Gasteiger partial charge is 0.497 e. The zero-order chi connectivity index (χ0) is 18.9. The first-order chi connectivity index (χ1) is 13.8. The van der Waals surface area contributed by atoms with E-state index in [1.54, 1.807) is 7.11 Å². The molecule has 0 spiro atoms. The van der Waals surface area contributed by atoms with Gasteiger partial charge in [-0.2, -0.15) is 0 Å². The summed E-state index contributed by atoms with van der Waals surface area (Å²) in [6, 6.07) is 16.7. The molecule has 0 bridgehead atoms. The molecule has 2 aromatic carbocycles. The van der Waals surface area contributed by atoms with E-state index in [9.17, 15) is 0 Å². The van der Waals surface area contributed by atoms with Crippen LogP contribution in [-0.4, -0.2) is 45.6 Å². The van der Waals surface area contributed by atoms with E-state index in [2.05, 4.69) is 56.5 Å². The average molecular weight is 455 g/mol. The molecule has 1 aliphatic rings. The van der Waals surface area contributed by atoms with Crippen LogP contribution in [0.15, 0.2) is 54.7 Å². The maximum absolute atomic E-state index is 5.28. The second kappa shape index (κ2) is 8.59. The molecule has 3 heterocycles. The van der Waals surface area contributed by atoms with Crippen LogP contribution in [-0.2, 0) is 6.54 Å². The number of halogens is 1. The molecule has 5 nitrogen and oxygen atoms in total. The molecule has 0 atom stereocenters. The van der Waals surface area contributed by atoms with Crippen molar-refractivity contribution in [2.75, 3.05) is 26.7 Å². The van der Waals surface area contributed by atoms with E-state index in [4.69, 9.17) is 9.72 Å². The van der Waals surface area contributed by atoms with Crippen molar-refractivity contribution in [1.29, 1.82) is 0 Å². The Balaban J connectivity index is 0.00000205. The minimum atomic E-state index is 0. The first-order valence-corrected chi connectivity index (χ1v) is 10.2. The van der Waals surface area contributed by atoms with Gasteiger partial charge < -0.3 is 14.2 Å². The van der Waals surface area contributed by atoms with Crippen LogP contribution in [0.25, 0.3) is 28.1 Å². The quantitative estimate of drug-likeness (QED) is 0.424. The first kappa shape index (κ1) is 20.0. The lowest BCUT2D eigenvalue weighted by molar-refractivity contribution is 0.222. The van der Waals surface area contributed by atoms with E-state index in [0.717, 1.165) is 35.9 Å². The molecular weight excluding hydrogens is 428 g/mol. The number of piperidine rings is 1. The highest BCUT2D eigenvalue weighted by atomic mass is 79.9. The topological polar surface area (TPSA) is 34.7 Å². The third kappa shape index (κ3) is 3.79. The fourth-order valence-corrected chi connectivity index (χ4v) is 4.29. The van der Waals surface area contributed by atoms with E-state index in [1.807, 2.05) is 12.1 Å². The number of rotatable bonds is 5. The predicted molar refractivity (Wildman–Crippen MR) is 123 cm³/mol. The number of methoxy groups -OCH3 is 1. The number of ether oxygens (including phenoxy) is 1. The lowest BCUT2D eigenvalue weighted by Crippen LogP contribution is -2.32. The highest BCUT2D eigenvalue weighted by molar-refractivity contribution is 8.93. The molecule has 0 radical (unpaired) electrons. The van der Waals surface area contributed by atoms with Crippen molar-refractivity contribution in [3.63, 3.8) is 0 Å². The average Bonchev–Trinajstić information content (AvgIpc) is 3.31. The van der Waals surface area contributed by atoms with E-state index >= 15 is 0 Å². The molecule has 1 aliphatic heterocycles. The minimum Gasteiger partial charge on any atom is -0.497 e. The summed E-state index contributed by atoms with van der Waals surface area (Å²) in [6.07, 6.45) is 6.18. The lowest BCUT2D eigenvalue weighted by Gasteiger charge is -2.26. The van der Waals surface area contributed by atoms with Gasteiger partial charge in [-0.3, -0.25) is 4.40 Å². The smallest absolute Gasteiger partial charge is 0.215 e. The van der Waals surface area contributed by atoms with E-state index < -0.39 is 0 Å². The molecule has 6 heteroatoms. The van der Waals surface area contributed by atoms with Crippen molar-refractivity contribution in [2.24, 2.45) is 0 Å². The Labute approximate surface area is 181 Å². The number of hydrogen-bond acceptors (Lipinski definition) is 3. The molecular formula is C23H27BrN4O. The summed E-state index contributed by atoms with van der Waals surface area (Å²) in [5.41, 5.74) is 4.57. The predicted octanol–water partition coefficient (Wildman–Crippen LogP) is 5.03. The second-order valence-electron chi connectivity index (χ2n) is 7.57. The maximum Gasteiger partial charge on any atom is 0.215 e. The van der Waals surface area contributed by atoms with Gasteiger partial charge in [0.15, 0.2) is 0 Å². The highest BCUT2D eigenvalue weighted by Gasteiger charge is 2.16. The van der Waals surface area contributed by atoms with Crippen LogP contribution >= 0.6 is 17.0 Å². The van der Waals surface area contributed by atoms with Gasteiger partial charge in [0.25, 0.3) is 0 Å². The van der Waals surface area contributed by atoms with Crippen LogP contribution in [0.1, 0.15) is 19.3 Å². The number of hydrogen-bond donors (Lipinski definition) is 0. The van der Waals surface area contributed by atoms with Crippen LogP contribution in [0.4, 0.5) is 0 Å². The molecule has 1 saturated heterocycles. The normalized spacial score (nSPS) is 14.9. The summed E-state index contributed by atoms with van der Waals surface area (Å²) in [4.78, 5) is 7.59. The summed E-state index contributed by atoms with van der Waals surface area (Å²) in [5, 5.41) is 0. The van der Waals surface area contributed by atoms with Crippen LogP contribution in [0.5, 0.6) is 5.75 Å². The Bertz CT molecular complexity index is 1090. The number of likely N-dealkylation sites (tertiary alicyclic amines) is 1. The maximum atomic E-state index is 5.28. The standard InChI is InChI=1S/C23H26N4O.BrH/c1-28-19-11-9-18(10-12-19)20-17-27-22-8-4-3-7-21(22)26(23(27)24-20)16-15-25-13-5-2-6-14-25;/h3-4,7-12,17H,2,5-6,13-16H2,1H3;1H. The molecule has 0 aliphatic carbocycles. The number of imidazole rings is 2. The Kier molecular flexibility index (Phi) is 5.92. The molecule has 0 unspecified atom stereocenters. The fourth-order valence-electron chi connectivity index (χ4n) is 4.29. The third-order valence-electron chi connectivity index (χ3n) is 5.84. The molecule has 29 heavy (non-hydrogen) atoms. The van der Waals surface area contributed by atoms with Gasteiger partial charge in [0.05, 0.1) is 23.8 Å². The Morgan fingerprint density at radius 1 is 0.897 bits per heavy atom. The number of aromatic nitrogens is 3. The molecule has 0 N–H and O–H groups in total. The van der Waals surface area contributed by atoms with Gasteiger partial charge in [0, 0.05) is 24.8 Å². The summed E-state index contributed by atoms with van der Waals surface area (Å²) in [7, 11) is 1.69. The number of nitrogens with zero attached hydrogens (tertiary/aromatic N) is 4. The summed E-state index contributed by atoms with van der Waals surface area (Å²) < 4.78 is 9.88. The van der Waals surface area contributed by atoms with E-state index in [1.165, 1.54) is 43.4 Å². The van der Waals surface area contributed by atoms with Crippen molar-refractivity contribution >= 4 is 33.8 Å². The van der Waals surface area contributed by atoms with Crippen molar-refractivity contribution < 1.29 is 4.74 Å². The number of para-hydroxylation sites is 2. The molecule has 2 aromatic heterocycles. The molecule has 0 amide bonds. The SMILES string of the molecule is Br.COc1ccc(-c2cn3c4ccccc4n(CCN4CCCCC4)c3n2)cc1. The molecule has 5 rings (SSSR count). The monoisotopic (exact) mass is 454 g/mol. The minimum absolute atomic E-state index is 0. The fraction of sp³-hybridized carbons (Fsp3) is 0.348. The van der Waals surface area contributed by atoms with Crippen molar-refractivity contribution in [3.8, 4) is 17.0 Å². The van der Waals surface area contributed by atoms with Gasteiger partial charge in [-0.25, -0.2) is 4.98 Å².